The van der Waals surface area contributed by atoms with Crippen LogP contribution in [0.2, 0.25) is 5.02 Å². The average molecular weight is 679 g/mol. The van der Waals surface area contributed by atoms with E-state index >= 15 is 0 Å². The van der Waals surface area contributed by atoms with Crippen molar-refractivity contribution in [1.29, 1.82) is 0 Å². The van der Waals surface area contributed by atoms with Crippen molar-refractivity contribution in [2.45, 2.75) is 38.5 Å². The number of aromatic nitrogens is 5. The summed E-state index contributed by atoms with van der Waals surface area (Å²) in [7, 11) is 2.91. The second kappa shape index (κ2) is 13.2. The minimum atomic E-state index is -4.74. The number of alkyl halides is 3. The summed E-state index contributed by atoms with van der Waals surface area (Å²) in [6.07, 6.45) is -0.644. The number of hydrogen-bond acceptors (Lipinski definition) is 9. The third kappa shape index (κ3) is 6.53. The Kier molecular flexibility index (Phi) is 9.03. The van der Waals surface area contributed by atoms with Gasteiger partial charge in [-0.1, -0.05) is 41.9 Å². The smallest absolute Gasteiger partial charge is 0.433 e. The van der Waals surface area contributed by atoms with E-state index in [1.807, 2.05) is 18.2 Å². The molecule has 1 saturated heterocycles. The molecule has 3 aromatic heterocycles. The van der Waals surface area contributed by atoms with Gasteiger partial charge < -0.3 is 20.7 Å². The van der Waals surface area contributed by atoms with Gasteiger partial charge >= 0.3 is 6.18 Å². The number of rotatable bonds is 9. The molecule has 2 aromatic carbocycles. The van der Waals surface area contributed by atoms with Gasteiger partial charge in [0.15, 0.2) is 0 Å². The molecule has 0 spiro atoms. The van der Waals surface area contributed by atoms with Gasteiger partial charge in [0.05, 0.1) is 35.6 Å². The van der Waals surface area contributed by atoms with E-state index in [1.54, 1.807) is 31.3 Å². The molecule has 1 aliphatic heterocycles. The minimum absolute atomic E-state index is 0.00752. The summed E-state index contributed by atoms with van der Waals surface area (Å²) < 4.78 is 47.8. The van der Waals surface area contributed by atoms with Crippen LogP contribution in [0.1, 0.15) is 29.8 Å². The molecular formula is C33H30ClF3N8O3. The number of carbonyl (C=O) groups is 1. The van der Waals surface area contributed by atoms with Crippen LogP contribution in [0.3, 0.4) is 0 Å². The van der Waals surface area contributed by atoms with Gasteiger partial charge in [-0.3, -0.25) is 14.6 Å². The molecule has 1 unspecified atom stereocenters. The third-order valence-electron chi connectivity index (χ3n) is 8.14. The van der Waals surface area contributed by atoms with Gasteiger partial charge in [-0.05, 0) is 36.6 Å². The zero-order valence-corrected chi connectivity index (χ0v) is 26.8. The number of halogens is 4. The third-order valence-corrected chi connectivity index (χ3v) is 8.55. The molecule has 0 radical (unpaired) electrons. The fraction of sp³-hybridized carbons (Fsp3) is 0.273. The first kappa shape index (κ1) is 32.8. The number of methoxy groups -OCH3 is 1. The molecule has 248 valence electrons. The molecule has 15 heteroatoms. The van der Waals surface area contributed by atoms with Crippen LogP contribution in [-0.2, 0) is 24.6 Å². The molecule has 0 saturated carbocycles. The molecule has 48 heavy (non-hydrogen) atoms. The van der Waals surface area contributed by atoms with E-state index in [-0.39, 0.29) is 28.5 Å². The number of benzene rings is 2. The van der Waals surface area contributed by atoms with Crippen molar-refractivity contribution in [3.05, 3.63) is 87.2 Å². The molecule has 0 bridgehead atoms. The summed E-state index contributed by atoms with van der Waals surface area (Å²) >= 11 is 6.99. The zero-order valence-electron chi connectivity index (χ0n) is 26.1. The lowest BCUT2D eigenvalue weighted by atomic mass is 9.96. The molecule has 11 nitrogen and oxygen atoms in total. The van der Waals surface area contributed by atoms with Crippen molar-refractivity contribution < 1.29 is 22.7 Å². The highest BCUT2D eigenvalue weighted by Crippen LogP contribution is 2.40. The second-order valence-electron chi connectivity index (χ2n) is 11.3. The summed E-state index contributed by atoms with van der Waals surface area (Å²) in [5.41, 5.74) is 2.32. The van der Waals surface area contributed by atoms with Crippen LogP contribution >= 0.6 is 11.6 Å². The lowest BCUT2D eigenvalue weighted by Gasteiger charge is -2.17. The van der Waals surface area contributed by atoms with Gasteiger partial charge in [0.1, 0.15) is 17.2 Å². The predicted octanol–water partition coefficient (Wildman–Crippen LogP) is 5.55. The number of aryl methyl sites for hydroxylation is 1. The quantitative estimate of drug-likeness (QED) is 0.183. The van der Waals surface area contributed by atoms with Gasteiger partial charge in [-0.15, -0.1) is 0 Å². The van der Waals surface area contributed by atoms with Gasteiger partial charge in [0, 0.05) is 54.8 Å². The van der Waals surface area contributed by atoms with E-state index < -0.39 is 17.4 Å². The number of anilines is 2. The molecule has 5 aromatic rings. The van der Waals surface area contributed by atoms with Crippen molar-refractivity contribution in [3.8, 4) is 28.3 Å². The molecule has 1 amide bonds. The highest BCUT2D eigenvalue weighted by molar-refractivity contribution is 6.36. The van der Waals surface area contributed by atoms with Crippen LogP contribution in [-0.4, -0.2) is 50.3 Å². The molecule has 0 aliphatic carbocycles. The molecule has 1 atom stereocenters. The summed E-state index contributed by atoms with van der Waals surface area (Å²) in [5, 5.41) is 13.4. The molecular weight excluding hydrogens is 649 g/mol. The number of fused-ring (bicyclic) bond motifs is 1. The Bertz CT molecular complexity index is 2100. The van der Waals surface area contributed by atoms with Crippen LogP contribution < -0.4 is 26.2 Å². The van der Waals surface area contributed by atoms with Crippen molar-refractivity contribution >= 4 is 39.8 Å². The Morgan fingerprint density at radius 2 is 1.83 bits per heavy atom. The fourth-order valence-electron chi connectivity index (χ4n) is 5.63. The normalized spacial score (nSPS) is 14.7. The second-order valence-corrected chi connectivity index (χ2v) is 11.7. The van der Waals surface area contributed by atoms with Gasteiger partial charge in [-0.25, -0.2) is 14.6 Å². The Morgan fingerprint density at radius 3 is 2.56 bits per heavy atom. The minimum Gasteiger partial charge on any atom is -0.480 e. The number of nitrogens with zero attached hydrogens (tertiary/aromatic N) is 5. The Morgan fingerprint density at radius 1 is 1.08 bits per heavy atom. The SMILES string of the molecule is COc1nc(-c2cccc(-c3cccc(Nc4nc(C(F)(F)F)cc5cnn(C)c(=O)c45)c3C)c2Cl)cnc1CNCC1CCC(=O)N1. The zero-order chi connectivity index (χ0) is 34.2. The summed E-state index contributed by atoms with van der Waals surface area (Å²) in [5.74, 6) is 0.126. The first-order valence-electron chi connectivity index (χ1n) is 14.9. The van der Waals surface area contributed by atoms with Gasteiger partial charge in [-0.2, -0.15) is 18.3 Å². The van der Waals surface area contributed by atoms with Crippen molar-refractivity contribution in [1.82, 2.24) is 35.4 Å². The van der Waals surface area contributed by atoms with Gasteiger partial charge in [0.2, 0.25) is 11.8 Å². The van der Waals surface area contributed by atoms with E-state index in [0.29, 0.717) is 69.7 Å². The lowest BCUT2D eigenvalue weighted by molar-refractivity contribution is -0.141. The lowest BCUT2D eigenvalue weighted by Crippen LogP contribution is -2.35. The van der Waals surface area contributed by atoms with E-state index in [0.717, 1.165) is 17.2 Å². The molecule has 3 N–H and O–H groups in total. The van der Waals surface area contributed by atoms with E-state index in [1.165, 1.54) is 20.4 Å². The largest absolute Gasteiger partial charge is 0.480 e. The first-order chi connectivity index (χ1) is 22.9. The van der Waals surface area contributed by atoms with Crippen molar-refractivity contribution in [2.75, 3.05) is 19.0 Å². The highest BCUT2D eigenvalue weighted by Gasteiger charge is 2.34. The average Bonchev–Trinajstić information content (AvgIpc) is 3.48. The molecule has 1 fully saturated rings. The summed E-state index contributed by atoms with van der Waals surface area (Å²) in [6.45, 7) is 2.76. The van der Waals surface area contributed by atoms with E-state index in [9.17, 15) is 22.8 Å². The van der Waals surface area contributed by atoms with Gasteiger partial charge in [0.25, 0.3) is 5.56 Å². The number of ether oxygens (including phenoxy) is 1. The predicted molar refractivity (Wildman–Crippen MR) is 175 cm³/mol. The van der Waals surface area contributed by atoms with Crippen LogP contribution in [0.4, 0.5) is 24.7 Å². The summed E-state index contributed by atoms with van der Waals surface area (Å²) in [4.78, 5) is 37.5. The van der Waals surface area contributed by atoms with Crippen LogP contribution in [0, 0.1) is 6.92 Å². The Hall–Kier alpha value is -5.08. The number of nitrogens with one attached hydrogen (secondary N) is 3. The Labute approximate surface area is 277 Å². The number of amides is 1. The molecule has 1 aliphatic rings. The fourth-order valence-corrected chi connectivity index (χ4v) is 5.95. The first-order valence-corrected chi connectivity index (χ1v) is 15.3. The number of carbonyl (C=O) groups excluding carboxylic acids is 1. The van der Waals surface area contributed by atoms with Crippen LogP contribution in [0.15, 0.2) is 59.7 Å². The standard InChI is InChI=1S/C33H30ClF3N8O3/c1-17-20(6-5-9-23(17)42-30-28-18(13-40-45(2)32(28)47)12-26(44-30)33(35,36)37)21-7-4-8-22(29(21)34)24-16-39-25(31(43-24)48-3)15-38-14-19-10-11-27(46)41-19/h4-9,12-13,16,19,38H,10-11,14-15H2,1-3H3,(H,41,46)(H,42,44). The number of pyridine rings is 1. The maximum atomic E-state index is 13.8. The van der Waals surface area contributed by atoms with Crippen LogP contribution in [0.25, 0.3) is 33.2 Å². The van der Waals surface area contributed by atoms with Crippen LogP contribution in [0.5, 0.6) is 5.88 Å². The van der Waals surface area contributed by atoms with E-state index in [4.69, 9.17) is 16.3 Å². The maximum Gasteiger partial charge on any atom is 0.433 e. The number of hydrogen-bond donors (Lipinski definition) is 3. The van der Waals surface area contributed by atoms with Crippen molar-refractivity contribution in [3.63, 3.8) is 0 Å². The topological polar surface area (TPSA) is 136 Å². The molecule has 6 rings (SSSR count). The van der Waals surface area contributed by atoms with Crippen molar-refractivity contribution in [2.24, 2.45) is 7.05 Å². The maximum absolute atomic E-state index is 13.8. The monoisotopic (exact) mass is 678 g/mol. The highest BCUT2D eigenvalue weighted by atomic mass is 35.5. The summed E-state index contributed by atoms with van der Waals surface area (Å²) in [6, 6.07) is 11.6. The molecule has 4 heterocycles. The van der Waals surface area contributed by atoms with E-state index in [2.05, 4.69) is 36.0 Å². The Balaban J connectivity index is 1.32.